The summed E-state index contributed by atoms with van der Waals surface area (Å²) < 4.78 is 5.91. The maximum atomic E-state index is 6.01. The van der Waals surface area contributed by atoms with Gasteiger partial charge < -0.3 is 10.2 Å². The molecule has 19 heavy (non-hydrogen) atoms. The molecule has 0 fully saturated rings. The molecule has 3 heteroatoms. The zero-order chi connectivity index (χ0) is 14.4. The molecule has 2 N–H and O–H groups in total. The van der Waals surface area contributed by atoms with Gasteiger partial charge in [-0.25, -0.2) is 0 Å². The Hall–Kier alpha value is -0.800. The van der Waals surface area contributed by atoms with Gasteiger partial charge >= 0.3 is 0 Å². The van der Waals surface area contributed by atoms with Crippen LogP contribution in [-0.4, -0.2) is 24.5 Å². The van der Waals surface area contributed by atoms with Crippen molar-refractivity contribution < 1.29 is 4.42 Å². The largest absolute Gasteiger partial charge is 0.464 e. The van der Waals surface area contributed by atoms with E-state index in [1.54, 1.807) is 0 Å². The van der Waals surface area contributed by atoms with Crippen molar-refractivity contribution in [3.05, 3.63) is 23.7 Å². The van der Waals surface area contributed by atoms with E-state index in [-0.39, 0.29) is 6.04 Å². The summed E-state index contributed by atoms with van der Waals surface area (Å²) in [4.78, 5) is 2.47. The summed E-state index contributed by atoms with van der Waals surface area (Å²) in [5.74, 6) is 3.32. The number of nitrogens with two attached hydrogens (primary N) is 1. The van der Waals surface area contributed by atoms with Gasteiger partial charge in [0.1, 0.15) is 11.5 Å². The second-order valence-corrected chi connectivity index (χ2v) is 6.15. The van der Waals surface area contributed by atoms with Gasteiger partial charge in [0.15, 0.2) is 0 Å². The van der Waals surface area contributed by atoms with Crippen LogP contribution in [0.5, 0.6) is 0 Å². The van der Waals surface area contributed by atoms with Gasteiger partial charge in [0.05, 0.1) is 6.04 Å². The minimum absolute atomic E-state index is 0.199. The second kappa shape index (κ2) is 7.71. The molecule has 0 aliphatic carbocycles. The lowest BCUT2D eigenvalue weighted by atomic mass is 10.1. The molecule has 0 aliphatic rings. The van der Waals surface area contributed by atoms with Gasteiger partial charge in [0.25, 0.3) is 0 Å². The summed E-state index contributed by atoms with van der Waals surface area (Å²) in [7, 11) is 0. The zero-order valence-electron chi connectivity index (χ0n) is 13.1. The van der Waals surface area contributed by atoms with E-state index in [9.17, 15) is 0 Å². The van der Waals surface area contributed by atoms with Crippen molar-refractivity contribution in [1.29, 1.82) is 0 Å². The molecular formula is C16H30N2O. The number of rotatable bonds is 8. The summed E-state index contributed by atoms with van der Waals surface area (Å²) >= 11 is 0. The van der Waals surface area contributed by atoms with Crippen LogP contribution in [0.25, 0.3) is 0 Å². The maximum absolute atomic E-state index is 6.01. The Labute approximate surface area is 118 Å². The smallest absolute Gasteiger partial charge is 0.122 e. The van der Waals surface area contributed by atoms with Crippen molar-refractivity contribution in [2.45, 2.75) is 47.1 Å². The van der Waals surface area contributed by atoms with Gasteiger partial charge in [-0.2, -0.15) is 0 Å². The molecule has 0 saturated carbocycles. The molecule has 3 nitrogen and oxygen atoms in total. The molecule has 0 spiro atoms. The highest BCUT2D eigenvalue weighted by Gasteiger charge is 2.23. The van der Waals surface area contributed by atoms with E-state index < -0.39 is 0 Å². The Morgan fingerprint density at radius 2 is 1.68 bits per heavy atom. The third-order valence-electron chi connectivity index (χ3n) is 3.22. The summed E-state index contributed by atoms with van der Waals surface area (Å²) in [6, 6.07) is 4.36. The van der Waals surface area contributed by atoms with E-state index in [0.29, 0.717) is 18.4 Å². The van der Waals surface area contributed by atoms with Gasteiger partial charge in [0, 0.05) is 26.1 Å². The first-order valence-corrected chi connectivity index (χ1v) is 7.50. The minimum Gasteiger partial charge on any atom is -0.464 e. The average Bonchev–Trinajstić information content (AvgIpc) is 2.77. The Morgan fingerprint density at radius 1 is 1.11 bits per heavy atom. The molecular weight excluding hydrogens is 236 g/mol. The van der Waals surface area contributed by atoms with Crippen molar-refractivity contribution in [3.8, 4) is 0 Å². The fraction of sp³-hybridized carbons (Fsp3) is 0.750. The van der Waals surface area contributed by atoms with Crippen LogP contribution in [0.2, 0.25) is 0 Å². The number of hydrogen-bond acceptors (Lipinski definition) is 3. The predicted molar refractivity (Wildman–Crippen MR) is 81.1 cm³/mol. The summed E-state index contributed by atoms with van der Waals surface area (Å²) in [6.45, 7) is 13.8. The van der Waals surface area contributed by atoms with E-state index in [1.165, 1.54) is 0 Å². The zero-order valence-corrected chi connectivity index (χ0v) is 13.1. The third-order valence-corrected chi connectivity index (χ3v) is 3.22. The molecule has 1 rings (SSSR count). The molecule has 1 aromatic rings. The molecule has 0 aromatic carbocycles. The molecule has 0 saturated heterocycles. The molecule has 1 unspecified atom stereocenters. The third kappa shape index (κ3) is 5.00. The lowest BCUT2D eigenvalue weighted by Crippen LogP contribution is -2.38. The number of hydrogen-bond donors (Lipinski definition) is 1. The lowest BCUT2D eigenvalue weighted by molar-refractivity contribution is 0.142. The Balaban J connectivity index is 2.87. The Bertz CT molecular complexity index is 347. The number of nitrogens with zero attached hydrogens (tertiary/aromatic N) is 1. The molecule has 1 heterocycles. The highest BCUT2D eigenvalue weighted by atomic mass is 16.3. The average molecular weight is 266 g/mol. The van der Waals surface area contributed by atoms with Crippen molar-refractivity contribution in [2.75, 3.05) is 19.6 Å². The quantitative estimate of drug-likeness (QED) is 0.783. The normalized spacial score (nSPS) is 13.7. The molecule has 0 aliphatic heterocycles. The Morgan fingerprint density at radius 3 is 2.05 bits per heavy atom. The van der Waals surface area contributed by atoms with E-state index in [1.807, 2.05) is 0 Å². The summed E-state index contributed by atoms with van der Waals surface area (Å²) in [5, 5.41) is 0. The van der Waals surface area contributed by atoms with Crippen molar-refractivity contribution >= 4 is 0 Å². The molecule has 0 bridgehead atoms. The minimum atomic E-state index is 0.199. The van der Waals surface area contributed by atoms with Crippen LogP contribution in [0.3, 0.4) is 0 Å². The summed E-state index contributed by atoms with van der Waals surface area (Å²) in [6.07, 6.45) is 0.936. The van der Waals surface area contributed by atoms with Crippen molar-refractivity contribution in [2.24, 2.45) is 17.6 Å². The van der Waals surface area contributed by atoms with Gasteiger partial charge in [-0.15, -0.1) is 0 Å². The first kappa shape index (κ1) is 16.3. The predicted octanol–water partition coefficient (Wildman–Crippen LogP) is 3.46. The van der Waals surface area contributed by atoms with Crippen molar-refractivity contribution in [1.82, 2.24) is 4.90 Å². The van der Waals surface area contributed by atoms with E-state index in [4.69, 9.17) is 10.2 Å². The van der Waals surface area contributed by atoms with Gasteiger partial charge in [-0.1, -0.05) is 34.6 Å². The van der Waals surface area contributed by atoms with Crippen LogP contribution >= 0.6 is 0 Å². The standard InChI is InChI=1S/C16H30N2O/c1-6-14-7-8-16(19-14)15(9-17)18(10-12(2)3)11-13(4)5/h7-8,12-13,15H,6,9-11,17H2,1-5H3. The van der Waals surface area contributed by atoms with Crippen LogP contribution in [0, 0.1) is 11.8 Å². The monoisotopic (exact) mass is 266 g/mol. The van der Waals surface area contributed by atoms with Gasteiger partial charge in [0.2, 0.25) is 0 Å². The molecule has 1 atom stereocenters. The Kier molecular flexibility index (Phi) is 6.59. The van der Waals surface area contributed by atoms with Gasteiger partial charge in [-0.3, -0.25) is 4.90 Å². The van der Waals surface area contributed by atoms with Crippen LogP contribution < -0.4 is 5.73 Å². The molecule has 110 valence electrons. The van der Waals surface area contributed by atoms with Crippen LogP contribution in [0.1, 0.15) is 52.2 Å². The van der Waals surface area contributed by atoms with Crippen LogP contribution in [0.15, 0.2) is 16.5 Å². The van der Waals surface area contributed by atoms with E-state index in [2.05, 4.69) is 51.7 Å². The first-order valence-electron chi connectivity index (χ1n) is 7.50. The van der Waals surface area contributed by atoms with Gasteiger partial charge in [-0.05, 0) is 24.0 Å². The topological polar surface area (TPSA) is 42.4 Å². The van der Waals surface area contributed by atoms with Crippen LogP contribution in [0.4, 0.5) is 0 Å². The molecule has 1 aromatic heterocycles. The second-order valence-electron chi connectivity index (χ2n) is 6.15. The fourth-order valence-electron chi connectivity index (χ4n) is 2.48. The number of furan rings is 1. The lowest BCUT2D eigenvalue weighted by Gasteiger charge is -2.32. The highest BCUT2D eigenvalue weighted by Crippen LogP contribution is 2.24. The molecule has 0 radical (unpaired) electrons. The van der Waals surface area contributed by atoms with Crippen LogP contribution in [-0.2, 0) is 6.42 Å². The fourth-order valence-corrected chi connectivity index (χ4v) is 2.48. The molecule has 0 amide bonds. The maximum Gasteiger partial charge on any atom is 0.122 e. The SMILES string of the molecule is CCc1ccc(C(CN)N(CC(C)C)CC(C)C)o1. The van der Waals surface area contributed by atoms with E-state index >= 15 is 0 Å². The first-order chi connectivity index (χ1) is 8.97. The highest BCUT2D eigenvalue weighted by molar-refractivity contribution is 5.11. The number of aryl methyl sites for hydroxylation is 1. The van der Waals surface area contributed by atoms with Crippen molar-refractivity contribution in [3.63, 3.8) is 0 Å². The summed E-state index contributed by atoms with van der Waals surface area (Å²) in [5.41, 5.74) is 6.01. The van der Waals surface area contributed by atoms with E-state index in [0.717, 1.165) is 31.0 Å².